The van der Waals surface area contributed by atoms with Gasteiger partial charge in [0.05, 0.1) is 10.4 Å². The van der Waals surface area contributed by atoms with Gasteiger partial charge in [0.2, 0.25) is 5.91 Å². The van der Waals surface area contributed by atoms with Gasteiger partial charge in [-0.1, -0.05) is 0 Å². The van der Waals surface area contributed by atoms with E-state index in [1.54, 1.807) is 0 Å². The Morgan fingerprint density at radius 3 is 3.06 bits per heavy atom. The standard InChI is InChI=1S/C12H16BrN3O/c1-8-5-10(13)12(15-6-8)16-4-2-3-9(7-16)11(14)17/h5-6,9H,2-4,7H2,1H3,(H2,14,17). The molecular weight excluding hydrogens is 282 g/mol. The van der Waals surface area contributed by atoms with E-state index >= 15 is 0 Å². The number of aromatic nitrogens is 1. The number of piperidine rings is 1. The minimum atomic E-state index is -0.210. The molecule has 1 amide bonds. The zero-order valence-corrected chi connectivity index (χ0v) is 11.4. The third-order valence-corrected chi connectivity index (χ3v) is 3.67. The first kappa shape index (κ1) is 12.4. The fourth-order valence-electron chi connectivity index (χ4n) is 2.16. The van der Waals surface area contributed by atoms with E-state index in [0.29, 0.717) is 6.54 Å². The summed E-state index contributed by atoms with van der Waals surface area (Å²) < 4.78 is 0.975. The molecule has 17 heavy (non-hydrogen) atoms. The summed E-state index contributed by atoms with van der Waals surface area (Å²) in [6.07, 6.45) is 3.71. The SMILES string of the molecule is Cc1cnc(N2CCCC(C(N)=O)C2)c(Br)c1. The number of anilines is 1. The lowest BCUT2D eigenvalue weighted by atomic mass is 9.97. The lowest BCUT2D eigenvalue weighted by molar-refractivity contribution is -0.122. The summed E-state index contributed by atoms with van der Waals surface area (Å²) in [6, 6.07) is 2.04. The van der Waals surface area contributed by atoms with E-state index in [1.165, 1.54) is 0 Å². The van der Waals surface area contributed by atoms with E-state index < -0.39 is 0 Å². The van der Waals surface area contributed by atoms with Crippen molar-refractivity contribution in [1.82, 2.24) is 4.98 Å². The molecule has 0 bridgehead atoms. The van der Waals surface area contributed by atoms with E-state index in [2.05, 4.69) is 25.8 Å². The second-order valence-electron chi connectivity index (χ2n) is 4.51. The molecule has 1 aliphatic rings. The van der Waals surface area contributed by atoms with Gasteiger partial charge in [0.1, 0.15) is 5.82 Å². The molecule has 2 N–H and O–H groups in total. The highest BCUT2D eigenvalue weighted by atomic mass is 79.9. The van der Waals surface area contributed by atoms with Crippen LogP contribution in [-0.4, -0.2) is 24.0 Å². The summed E-state index contributed by atoms with van der Waals surface area (Å²) in [4.78, 5) is 17.8. The lowest BCUT2D eigenvalue weighted by Gasteiger charge is -2.32. The van der Waals surface area contributed by atoms with Crippen LogP contribution in [0.3, 0.4) is 0 Å². The van der Waals surface area contributed by atoms with Crippen molar-refractivity contribution >= 4 is 27.7 Å². The number of hydrogen-bond acceptors (Lipinski definition) is 3. The number of pyridine rings is 1. The first-order valence-electron chi connectivity index (χ1n) is 5.74. The molecule has 5 heteroatoms. The number of aryl methyl sites for hydroxylation is 1. The van der Waals surface area contributed by atoms with Crippen molar-refractivity contribution in [3.8, 4) is 0 Å². The molecule has 1 aromatic rings. The van der Waals surface area contributed by atoms with Gasteiger partial charge in [-0.3, -0.25) is 4.79 Å². The highest BCUT2D eigenvalue weighted by molar-refractivity contribution is 9.10. The van der Waals surface area contributed by atoms with E-state index in [4.69, 9.17) is 5.73 Å². The largest absolute Gasteiger partial charge is 0.369 e. The van der Waals surface area contributed by atoms with Crippen molar-refractivity contribution in [2.24, 2.45) is 11.7 Å². The number of nitrogens with two attached hydrogens (primary N) is 1. The molecule has 0 aliphatic carbocycles. The monoisotopic (exact) mass is 297 g/mol. The van der Waals surface area contributed by atoms with E-state index in [1.807, 2.05) is 19.2 Å². The van der Waals surface area contributed by atoms with Gasteiger partial charge in [-0.2, -0.15) is 0 Å². The maximum Gasteiger partial charge on any atom is 0.222 e. The average Bonchev–Trinajstić information content (AvgIpc) is 2.29. The van der Waals surface area contributed by atoms with E-state index in [-0.39, 0.29) is 11.8 Å². The number of hydrogen-bond donors (Lipinski definition) is 1. The fraction of sp³-hybridized carbons (Fsp3) is 0.500. The predicted molar refractivity (Wildman–Crippen MR) is 70.8 cm³/mol. The summed E-state index contributed by atoms with van der Waals surface area (Å²) >= 11 is 3.52. The van der Waals surface area contributed by atoms with Gasteiger partial charge in [-0.25, -0.2) is 4.98 Å². The number of carbonyl (C=O) groups excluding carboxylic acids is 1. The predicted octanol–water partition coefficient (Wildman–Crippen LogP) is 1.85. The van der Waals surface area contributed by atoms with Gasteiger partial charge < -0.3 is 10.6 Å². The maximum absolute atomic E-state index is 11.2. The zero-order chi connectivity index (χ0) is 12.4. The third-order valence-electron chi connectivity index (χ3n) is 3.08. The number of rotatable bonds is 2. The molecule has 1 fully saturated rings. The molecule has 0 aromatic carbocycles. The molecule has 2 heterocycles. The minimum absolute atomic E-state index is 0.0567. The fourth-order valence-corrected chi connectivity index (χ4v) is 2.88. The smallest absolute Gasteiger partial charge is 0.222 e. The maximum atomic E-state index is 11.2. The summed E-state index contributed by atoms with van der Waals surface area (Å²) in [5, 5.41) is 0. The Hall–Kier alpha value is -1.10. The van der Waals surface area contributed by atoms with Crippen LogP contribution in [0.2, 0.25) is 0 Å². The average molecular weight is 298 g/mol. The molecule has 2 rings (SSSR count). The Morgan fingerprint density at radius 1 is 1.65 bits per heavy atom. The van der Waals surface area contributed by atoms with Crippen LogP contribution < -0.4 is 10.6 Å². The van der Waals surface area contributed by atoms with Gasteiger partial charge in [0, 0.05) is 19.3 Å². The van der Waals surface area contributed by atoms with Crippen LogP contribution >= 0.6 is 15.9 Å². The number of halogens is 1. The number of nitrogens with zero attached hydrogens (tertiary/aromatic N) is 2. The molecule has 4 nitrogen and oxygen atoms in total. The molecule has 1 atom stereocenters. The van der Waals surface area contributed by atoms with Crippen molar-refractivity contribution in [1.29, 1.82) is 0 Å². The van der Waals surface area contributed by atoms with Gasteiger partial charge >= 0.3 is 0 Å². The van der Waals surface area contributed by atoms with E-state index in [9.17, 15) is 4.79 Å². The third kappa shape index (κ3) is 2.77. The Labute approximate surface area is 109 Å². The molecule has 92 valence electrons. The van der Waals surface area contributed by atoms with Crippen molar-refractivity contribution < 1.29 is 4.79 Å². The molecule has 1 unspecified atom stereocenters. The molecular formula is C12H16BrN3O. The Morgan fingerprint density at radius 2 is 2.41 bits per heavy atom. The minimum Gasteiger partial charge on any atom is -0.369 e. The molecule has 1 saturated heterocycles. The van der Waals surface area contributed by atoms with Crippen molar-refractivity contribution in [2.75, 3.05) is 18.0 Å². The van der Waals surface area contributed by atoms with Gasteiger partial charge in [-0.05, 0) is 47.3 Å². The van der Waals surface area contributed by atoms with E-state index in [0.717, 1.165) is 35.2 Å². The van der Waals surface area contributed by atoms with Crippen LogP contribution in [0.1, 0.15) is 18.4 Å². The lowest BCUT2D eigenvalue weighted by Crippen LogP contribution is -2.41. The van der Waals surface area contributed by atoms with Crippen molar-refractivity contribution in [2.45, 2.75) is 19.8 Å². The van der Waals surface area contributed by atoms with Crippen molar-refractivity contribution in [3.05, 3.63) is 22.3 Å². The molecule has 0 radical (unpaired) electrons. The summed E-state index contributed by atoms with van der Waals surface area (Å²) in [7, 11) is 0. The quantitative estimate of drug-likeness (QED) is 0.906. The summed E-state index contributed by atoms with van der Waals surface area (Å²) in [6.45, 7) is 3.60. The summed E-state index contributed by atoms with van der Waals surface area (Å²) in [5.74, 6) is 0.637. The van der Waals surface area contributed by atoms with Crippen molar-refractivity contribution in [3.63, 3.8) is 0 Å². The van der Waals surface area contributed by atoms with Gasteiger partial charge in [-0.15, -0.1) is 0 Å². The first-order chi connectivity index (χ1) is 8.08. The van der Waals surface area contributed by atoms with Crippen LogP contribution in [0, 0.1) is 12.8 Å². The molecule has 1 aliphatic heterocycles. The van der Waals surface area contributed by atoms with Gasteiger partial charge in [0.25, 0.3) is 0 Å². The van der Waals surface area contributed by atoms with Crippen LogP contribution in [0.4, 0.5) is 5.82 Å². The molecule has 1 aromatic heterocycles. The van der Waals surface area contributed by atoms with Crippen LogP contribution in [-0.2, 0) is 4.79 Å². The second kappa shape index (κ2) is 5.04. The first-order valence-corrected chi connectivity index (χ1v) is 6.53. The van der Waals surface area contributed by atoms with Crippen LogP contribution in [0.5, 0.6) is 0 Å². The van der Waals surface area contributed by atoms with Crippen LogP contribution in [0.25, 0.3) is 0 Å². The second-order valence-corrected chi connectivity index (χ2v) is 5.36. The molecule has 0 spiro atoms. The Balaban J connectivity index is 2.19. The topological polar surface area (TPSA) is 59.2 Å². The highest BCUT2D eigenvalue weighted by Crippen LogP contribution is 2.28. The number of carbonyl (C=O) groups is 1. The number of amides is 1. The molecule has 0 saturated carbocycles. The zero-order valence-electron chi connectivity index (χ0n) is 9.82. The normalized spacial score (nSPS) is 20.4. The Bertz CT molecular complexity index is 436. The number of primary amides is 1. The van der Waals surface area contributed by atoms with Gasteiger partial charge in [0.15, 0.2) is 0 Å². The Kier molecular flexibility index (Phi) is 3.66. The highest BCUT2D eigenvalue weighted by Gasteiger charge is 2.25. The summed E-state index contributed by atoms with van der Waals surface area (Å²) in [5.41, 5.74) is 6.49. The van der Waals surface area contributed by atoms with Crippen LogP contribution in [0.15, 0.2) is 16.7 Å².